The van der Waals surface area contributed by atoms with Crippen LogP contribution in [0.25, 0.3) is 0 Å². The number of rotatable bonds is 4. The number of piperidine rings is 1. The molecule has 0 amide bonds. The smallest absolute Gasteiger partial charge is 0.270 e. The van der Waals surface area contributed by atoms with Crippen molar-refractivity contribution in [3.8, 4) is 0 Å². The molecule has 0 saturated carbocycles. The lowest BCUT2D eigenvalue weighted by atomic mass is 9.91. The summed E-state index contributed by atoms with van der Waals surface area (Å²) in [5.74, 6) is 0.175. The van der Waals surface area contributed by atoms with Crippen LogP contribution in [0.5, 0.6) is 0 Å². The summed E-state index contributed by atoms with van der Waals surface area (Å²) in [6.45, 7) is 2.86. The number of hydrogen-bond donors (Lipinski definition) is 1. The van der Waals surface area contributed by atoms with Gasteiger partial charge in [-0.1, -0.05) is 0 Å². The molecule has 1 saturated heterocycles. The Bertz CT molecular complexity index is 515. The molecule has 1 atom stereocenters. The van der Waals surface area contributed by atoms with E-state index < -0.39 is 17.5 Å². The maximum Gasteiger partial charge on any atom is 0.270 e. The fourth-order valence-electron chi connectivity index (χ4n) is 2.74. The van der Waals surface area contributed by atoms with Crippen LogP contribution in [0.2, 0.25) is 0 Å². The summed E-state index contributed by atoms with van der Waals surface area (Å²) in [6, 6.07) is 3.59. The predicted octanol–water partition coefficient (Wildman–Crippen LogP) is 3.13. The Balaban J connectivity index is 2.22. The quantitative estimate of drug-likeness (QED) is 0.685. The zero-order valence-corrected chi connectivity index (χ0v) is 11.7. The number of nitro benzene ring substituents is 1. The molecule has 0 radical (unpaired) electrons. The Morgan fingerprint density at radius 3 is 2.48 bits per heavy atom. The van der Waals surface area contributed by atoms with E-state index in [1.807, 2.05) is 4.90 Å². The molecule has 5 nitrogen and oxygen atoms in total. The van der Waals surface area contributed by atoms with Gasteiger partial charge >= 0.3 is 0 Å². The predicted molar refractivity (Wildman–Crippen MR) is 74.7 cm³/mol. The molecule has 116 valence electrons. The number of benzene rings is 1. The number of hydrogen-bond acceptors (Lipinski definition) is 4. The fourth-order valence-corrected chi connectivity index (χ4v) is 2.74. The molecule has 0 aromatic heterocycles. The Kier molecular flexibility index (Phi) is 4.72. The van der Waals surface area contributed by atoms with Crippen LogP contribution in [0.3, 0.4) is 0 Å². The van der Waals surface area contributed by atoms with Crippen molar-refractivity contribution in [2.75, 3.05) is 18.0 Å². The number of non-ortho nitro benzene ring substituents is 1. The Hall–Kier alpha value is -1.76. The van der Waals surface area contributed by atoms with Gasteiger partial charge in [-0.05, 0) is 31.7 Å². The first-order chi connectivity index (χ1) is 9.90. The standard InChI is InChI=1S/C14H18F2N2O3/c1-9(19)10-4-6-17(7-5-10)13-3-2-11(18(20)21)8-12(13)14(15)16/h2-3,8-10,14,19H,4-7H2,1H3. The van der Waals surface area contributed by atoms with Gasteiger partial charge in [-0.3, -0.25) is 10.1 Å². The van der Waals surface area contributed by atoms with Gasteiger partial charge in [0.15, 0.2) is 0 Å². The minimum absolute atomic E-state index is 0.175. The highest BCUT2D eigenvalue weighted by molar-refractivity contribution is 5.58. The van der Waals surface area contributed by atoms with E-state index in [4.69, 9.17) is 0 Å². The molecule has 1 aromatic carbocycles. The lowest BCUT2D eigenvalue weighted by Gasteiger charge is -2.35. The zero-order chi connectivity index (χ0) is 15.6. The molecule has 1 heterocycles. The normalized spacial score (nSPS) is 18.0. The average Bonchev–Trinajstić information content (AvgIpc) is 2.46. The highest BCUT2D eigenvalue weighted by Crippen LogP contribution is 2.35. The molecule has 0 spiro atoms. The molecular formula is C14H18F2N2O3. The zero-order valence-electron chi connectivity index (χ0n) is 11.7. The molecule has 1 aromatic rings. The van der Waals surface area contributed by atoms with E-state index in [1.54, 1.807) is 6.92 Å². The molecule has 1 aliphatic heterocycles. The van der Waals surface area contributed by atoms with Crippen molar-refractivity contribution in [1.29, 1.82) is 0 Å². The van der Waals surface area contributed by atoms with E-state index in [1.165, 1.54) is 12.1 Å². The molecule has 0 bridgehead atoms. The summed E-state index contributed by atoms with van der Waals surface area (Å²) in [6.07, 6.45) is -1.72. The fraction of sp³-hybridized carbons (Fsp3) is 0.571. The van der Waals surface area contributed by atoms with Crippen LogP contribution in [0.15, 0.2) is 18.2 Å². The molecular weight excluding hydrogens is 282 g/mol. The first kappa shape index (κ1) is 15.6. The second kappa shape index (κ2) is 6.34. The first-order valence-corrected chi connectivity index (χ1v) is 6.89. The van der Waals surface area contributed by atoms with E-state index in [9.17, 15) is 24.0 Å². The van der Waals surface area contributed by atoms with Crippen molar-refractivity contribution in [3.63, 3.8) is 0 Å². The Morgan fingerprint density at radius 2 is 2.00 bits per heavy atom. The summed E-state index contributed by atoms with van der Waals surface area (Å²) < 4.78 is 26.3. The third-order valence-electron chi connectivity index (χ3n) is 4.02. The molecule has 1 fully saturated rings. The molecule has 7 heteroatoms. The van der Waals surface area contributed by atoms with Crippen LogP contribution in [0.4, 0.5) is 20.2 Å². The molecule has 1 aliphatic rings. The SMILES string of the molecule is CC(O)C1CCN(c2ccc([N+](=O)[O-])cc2C(F)F)CC1. The van der Waals surface area contributed by atoms with E-state index in [0.717, 1.165) is 18.9 Å². The topological polar surface area (TPSA) is 66.6 Å². The summed E-state index contributed by atoms with van der Waals surface area (Å²) >= 11 is 0. The maximum absolute atomic E-state index is 13.1. The highest BCUT2D eigenvalue weighted by Gasteiger charge is 2.26. The number of alkyl halides is 2. The molecule has 1 N–H and O–H groups in total. The first-order valence-electron chi connectivity index (χ1n) is 6.89. The van der Waals surface area contributed by atoms with Gasteiger partial charge in [0.05, 0.1) is 11.0 Å². The highest BCUT2D eigenvalue weighted by atomic mass is 19.3. The number of aliphatic hydroxyl groups excluding tert-OH is 1. The van der Waals surface area contributed by atoms with Gasteiger partial charge in [0.2, 0.25) is 0 Å². The van der Waals surface area contributed by atoms with Gasteiger partial charge in [-0.25, -0.2) is 8.78 Å². The third-order valence-corrected chi connectivity index (χ3v) is 4.02. The maximum atomic E-state index is 13.1. The van der Waals surface area contributed by atoms with Gasteiger partial charge in [0.25, 0.3) is 12.1 Å². The van der Waals surface area contributed by atoms with Crippen molar-refractivity contribution in [2.45, 2.75) is 32.3 Å². The summed E-state index contributed by atoms with van der Waals surface area (Å²) in [5, 5.41) is 20.3. The largest absolute Gasteiger partial charge is 0.393 e. The average molecular weight is 300 g/mol. The van der Waals surface area contributed by atoms with Crippen LogP contribution >= 0.6 is 0 Å². The van der Waals surface area contributed by atoms with Crippen LogP contribution < -0.4 is 4.90 Å². The molecule has 0 aliphatic carbocycles. The second-order valence-electron chi connectivity index (χ2n) is 5.37. The lowest BCUT2D eigenvalue weighted by Crippen LogP contribution is -2.37. The summed E-state index contributed by atoms with van der Waals surface area (Å²) in [5.41, 5.74) is -0.285. The van der Waals surface area contributed by atoms with E-state index in [-0.39, 0.29) is 17.2 Å². The number of aliphatic hydroxyl groups is 1. The van der Waals surface area contributed by atoms with Crippen LogP contribution in [-0.2, 0) is 0 Å². The van der Waals surface area contributed by atoms with Crippen molar-refractivity contribution in [3.05, 3.63) is 33.9 Å². The summed E-state index contributed by atoms with van der Waals surface area (Å²) in [4.78, 5) is 11.8. The number of nitrogens with zero attached hydrogens (tertiary/aromatic N) is 2. The van der Waals surface area contributed by atoms with Crippen molar-refractivity contribution < 1.29 is 18.8 Å². The molecule has 2 rings (SSSR count). The lowest BCUT2D eigenvalue weighted by molar-refractivity contribution is -0.385. The molecule has 21 heavy (non-hydrogen) atoms. The number of anilines is 1. The summed E-state index contributed by atoms with van der Waals surface area (Å²) in [7, 11) is 0. The third kappa shape index (κ3) is 3.47. The van der Waals surface area contributed by atoms with Crippen molar-refractivity contribution in [1.82, 2.24) is 0 Å². The number of halogens is 2. The van der Waals surface area contributed by atoms with Gasteiger partial charge in [-0.2, -0.15) is 0 Å². The van der Waals surface area contributed by atoms with E-state index in [2.05, 4.69) is 0 Å². The minimum atomic E-state index is -2.76. The van der Waals surface area contributed by atoms with Gasteiger partial charge < -0.3 is 10.0 Å². The molecule has 1 unspecified atom stereocenters. The van der Waals surface area contributed by atoms with Gasteiger partial charge in [-0.15, -0.1) is 0 Å². The van der Waals surface area contributed by atoms with Crippen LogP contribution in [-0.4, -0.2) is 29.2 Å². The Labute approximate surface area is 121 Å². The van der Waals surface area contributed by atoms with E-state index in [0.29, 0.717) is 18.8 Å². The van der Waals surface area contributed by atoms with Crippen molar-refractivity contribution in [2.24, 2.45) is 5.92 Å². The Morgan fingerprint density at radius 1 is 1.38 bits per heavy atom. The monoisotopic (exact) mass is 300 g/mol. The second-order valence-corrected chi connectivity index (χ2v) is 5.37. The van der Waals surface area contributed by atoms with Gasteiger partial charge in [0, 0.05) is 36.5 Å². The van der Waals surface area contributed by atoms with Crippen LogP contribution in [0, 0.1) is 16.0 Å². The van der Waals surface area contributed by atoms with Gasteiger partial charge in [0.1, 0.15) is 0 Å². The minimum Gasteiger partial charge on any atom is -0.393 e. The van der Waals surface area contributed by atoms with Crippen molar-refractivity contribution >= 4 is 11.4 Å². The van der Waals surface area contributed by atoms with E-state index >= 15 is 0 Å². The van der Waals surface area contributed by atoms with Crippen LogP contribution in [0.1, 0.15) is 31.8 Å². The number of nitro groups is 1.